The maximum Gasteiger partial charge on any atom is 0.00643 e. The van der Waals surface area contributed by atoms with Crippen molar-refractivity contribution in [3.8, 4) is 0 Å². The first-order valence-corrected chi connectivity index (χ1v) is 7.14. The van der Waals surface area contributed by atoms with Crippen molar-refractivity contribution in [3.63, 3.8) is 0 Å². The lowest BCUT2D eigenvalue weighted by Crippen LogP contribution is -2.34. The quantitative estimate of drug-likeness (QED) is 0.546. The molecule has 0 bridgehead atoms. The summed E-state index contributed by atoms with van der Waals surface area (Å²) in [4.78, 5) is 2.67. The summed E-state index contributed by atoms with van der Waals surface area (Å²) < 4.78 is 0. The third-order valence-corrected chi connectivity index (χ3v) is 3.39. The fourth-order valence-electron chi connectivity index (χ4n) is 1.97. The Morgan fingerprint density at radius 2 is 1.69 bits per heavy atom. The van der Waals surface area contributed by atoms with E-state index in [2.05, 4.69) is 31.0 Å². The van der Waals surface area contributed by atoms with Gasteiger partial charge in [-0.1, -0.05) is 26.7 Å². The van der Waals surface area contributed by atoms with Crippen LogP contribution in [0.25, 0.3) is 0 Å². The second-order valence-corrected chi connectivity index (χ2v) is 4.81. The minimum absolute atomic E-state index is 0.760. The van der Waals surface area contributed by atoms with Gasteiger partial charge in [0, 0.05) is 6.04 Å². The second-order valence-electron chi connectivity index (χ2n) is 4.81. The number of hydrogen-bond donors (Lipinski definition) is 1. The smallest absolute Gasteiger partial charge is 0.00643 e. The number of nitrogens with one attached hydrogen (secondary N) is 1. The highest BCUT2D eigenvalue weighted by Gasteiger charge is 2.10. The number of nitrogens with zero attached hydrogens (tertiary/aromatic N) is 1. The fourth-order valence-corrected chi connectivity index (χ4v) is 1.97. The van der Waals surface area contributed by atoms with Crippen LogP contribution in [-0.4, -0.2) is 37.6 Å². The Morgan fingerprint density at radius 1 is 1.00 bits per heavy atom. The predicted octanol–water partition coefficient (Wildman–Crippen LogP) is 3.28. The molecule has 0 radical (unpaired) electrons. The molecule has 0 aliphatic carbocycles. The van der Waals surface area contributed by atoms with Crippen LogP contribution in [0.2, 0.25) is 0 Å². The Kier molecular flexibility index (Phi) is 11.3. The molecular weight excluding hydrogens is 196 g/mol. The van der Waals surface area contributed by atoms with Crippen molar-refractivity contribution in [2.75, 3.05) is 26.7 Å². The van der Waals surface area contributed by atoms with E-state index >= 15 is 0 Å². The molecule has 0 aliphatic heterocycles. The number of rotatable bonds is 11. The van der Waals surface area contributed by atoms with E-state index in [1.807, 2.05) is 7.05 Å². The zero-order chi connectivity index (χ0) is 12.2. The molecule has 2 nitrogen and oxygen atoms in total. The van der Waals surface area contributed by atoms with Crippen LogP contribution in [-0.2, 0) is 0 Å². The van der Waals surface area contributed by atoms with Crippen molar-refractivity contribution in [1.29, 1.82) is 0 Å². The molecule has 0 spiro atoms. The molecule has 0 aliphatic rings. The minimum atomic E-state index is 0.760. The molecule has 0 aromatic carbocycles. The third-order valence-electron chi connectivity index (χ3n) is 3.39. The lowest BCUT2D eigenvalue weighted by Gasteiger charge is -2.28. The van der Waals surface area contributed by atoms with E-state index in [1.165, 1.54) is 51.6 Å². The average molecular weight is 228 g/mol. The summed E-state index contributed by atoms with van der Waals surface area (Å²) >= 11 is 0. The fraction of sp³-hybridized carbons (Fsp3) is 1.00. The van der Waals surface area contributed by atoms with Crippen molar-refractivity contribution in [1.82, 2.24) is 10.2 Å². The Balaban J connectivity index is 3.65. The van der Waals surface area contributed by atoms with Gasteiger partial charge in [-0.2, -0.15) is 0 Å². The van der Waals surface area contributed by atoms with Crippen LogP contribution in [0.3, 0.4) is 0 Å². The first-order valence-electron chi connectivity index (χ1n) is 7.14. The standard InChI is InChI=1S/C14H32N2/c1-5-7-12-16(14(3)6-2)13-10-8-9-11-15-4/h14-15H,5-13H2,1-4H3. The van der Waals surface area contributed by atoms with Crippen molar-refractivity contribution in [3.05, 3.63) is 0 Å². The van der Waals surface area contributed by atoms with Gasteiger partial charge in [0.25, 0.3) is 0 Å². The van der Waals surface area contributed by atoms with Crippen molar-refractivity contribution in [2.45, 2.75) is 65.3 Å². The summed E-state index contributed by atoms with van der Waals surface area (Å²) in [5.41, 5.74) is 0. The zero-order valence-electron chi connectivity index (χ0n) is 11.9. The maximum absolute atomic E-state index is 3.21. The van der Waals surface area contributed by atoms with Crippen LogP contribution in [0, 0.1) is 0 Å². The van der Waals surface area contributed by atoms with Crippen LogP contribution < -0.4 is 5.32 Å². The van der Waals surface area contributed by atoms with E-state index in [-0.39, 0.29) is 0 Å². The molecule has 98 valence electrons. The summed E-state index contributed by atoms with van der Waals surface area (Å²) in [6, 6.07) is 0.760. The highest BCUT2D eigenvalue weighted by molar-refractivity contribution is 4.65. The molecule has 0 saturated carbocycles. The molecule has 0 heterocycles. The van der Waals surface area contributed by atoms with Gasteiger partial charge in [-0.15, -0.1) is 0 Å². The zero-order valence-corrected chi connectivity index (χ0v) is 11.9. The first-order chi connectivity index (χ1) is 7.76. The summed E-state index contributed by atoms with van der Waals surface area (Å²) in [7, 11) is 2.03. The van der Waals surface area contributed by atoms with E-state index in [0.717, 1.165) is 12.6 Å². The van der Waals surface area contributed by atoms with Gasteiger partial charge in [0.2, 0.25) is 0 Å². The van der Waals surface area contributed by atoms with Crippen LogP contribution in [0.15, 0.2) is 0 Å². The predicted molar refractivity (Wildman–Crippen MR) is 74.0 cm³/mol. The van der Waals surface area contributed by atoms with Crippen LogP contribution >= 0.6 is 0 Å². The molecule has 0 fully saturated rings. The molecule has 1 unspecified atom stereocenters. The minimum Gasteiger partial charge on any atom is -0.320 e. The van der Waals surface area contributed by atoms with Gasteiger partial charge in [0.15, 0.2) is 0 Å². The molecule has 0 rings (SSSR count). The van der Waals surface area contributed by atoms with Crippen LogP contribution in [0.4, 0.5) is 0 Å². The Labute approximate surface area is 103 Å². The lowest BCUT2D eigenvalue weighted by atomic mass is 10.1. The Morgan fingerprint density at radius 3 is 2.25 bits per heavy atom. The van der Waals surface area contributed by atoms with Crippen LogP contribution in [0.5, 0.6) is 0 Å². The van der Waals surface area contributed by atoms with Gasteiger partial charge < -0.3 is 10.2 Å². The SMILES string of the molecule is CCCCN(CCCCCNC)C(C)CC. The van der Waals surface area contributed by atoms with Gasteiger partial charge >= 0.3 is 0 Å². The number of unbranched alkanes of at least 4 members (excludes halogenated alkanes) is 3. The van der Waals surface area contributed by atoms with E-state index in [9.17, 15) is 0 Å². The lowest BCUT2D eigenvalue weighted by molar-refractivity contribution is 0.197. The van der Waals surface area contributed by atoms with Crippen molar-refractivity contribution < 1.29 is 0 Å². The topological polar surface area (TPSA) is 15.3 Å². The highest BCUT2D eigenvalue weighted by Crippen LogP contribution is 2.08. The summed E-state index contributed by atoms with van der Waals surface area (Å²) in [6.45, 7) is 10.7. The third kappa shape index (κ3) is 8.12. The van der Waals surface area contributed by atoms with Gasteiger partial charge in [-0.05, 0) is 59.3 Å². The molecular formula is C14H32N2. The summed E-state index contributed by atoms with van der Waals surface area (Å²) in [5.74, 6) is 0. The van der Waals surface area contributed by atoms with Gasteiger partial charge in [0.1, 0.15) is 0 Å². The summed E-state index contributed by atoms with van der Waals surface area (Å²) in [6.07, 6.45) is 7.97. The van der Waals surface area contributed by atoms with E-state index in [1.54, 1.807) is 0 Å². The monoisotopic (exact) mass is 228 g/mol. The Bertz CT molecular complexity index is 137. The number of hydrogen-bond acceptors (Lipinski definition) is 2. The van der Waals surface area contributed by atoms with Crippen molar-refractivity contribution >= 4 is 0 Å². The molecule has 0 aromatic heterocycles. The molecule has 1 N–H and O–H groups in total. The van der Waals surface area contributed by atoms with Crippen LogP contribution in [0.1, 0.15) is 59.3 Å². The van der Waals surface area contributed by atoms with E-state index < -0.39 is 0 Å². The second kappa shape index (κ2) is 11.4. The first kappa shape index (κ1) is 15.9. The molecule has 1 atom stereocenters. The molecule has 0 amide bonds. The molecule has 0 saturated heterocycles. The van der Waals surface area contributed by atoms with E-state index in [4.69, 9.17) is 0 Å². The average Bonchev–Trinajstić information content (AvgIpc) is 2.31. The maximum atomic E-state index is 3.21. The largest absolute Gasteiger partial charge is 0.320 e. The normalized spacial score (nSPS) is 13.3. The van der Waals surface area contributed by atoms with E-state index in [0.29, 0.717) is 0 Å². The molecule has 2 heteroatoms. The molecule has 16 heavy (non-hydrogen) atoms. The van der Waals surface area contributed by atoms with Gasteiger partial charge in [-0.3, -0.25) is 0 Å². The van der Waals surface area contributed by atoms with Crippen molar-refractivity contribution in [2.24, 2.45) is 0 Å². The summed E-state index contributed by atoms with van der Waals surface area (Å²) in [5, 5.41) is 3.21. The highest BCUT2D eigenvalue weighted by atomic mass is 15.1. The van der Waals surface area contributed by atoms with Gasteiger partial charge in [0.05, 0.1) is 0 Å². The van der Waals surface area contributed by atoms with Gasteiger partial charge in [-0.25, -0.2) is 0 Å². The molecule has 0 aromatic rings. The Hall–Kier alpha value is -0.0800.